The van der Waals surface area contributed by atoms with Crippen LogP contribution in [0.4, 0.5) is 0 Å². The van der Waals surface area contributed by atoms with Gasteiger partial charge < -0.3 is 19.7 Å². The second-order valence-corrected chi connectivity index (χ2v) is 6.31. The zero-order valence-electron chi connectivity index (χ0n) is 14.5. The van der Waals surface area contributed by atoms with Crippen molar-refractivity contribution in [3.8, 4) is 11.8 Å². The maximum atomic E-state index is 11.5. The third-order valence-electron chi connectivity index (χ3n) is 4.12. The maximum absolute atomic E-state index is 11.5. The Balaban J connectivity index is 0.000000269. The number of thiol groups is 1. The van der Waals surface area contributed by atoms with Crippen molar-refractivity contribution >= 4 is 18.5 Å². The quantitative estimate of drug-likeness (QED) is 0.787. The lowest BCUT2D eigenvalue weighted by molar-refractivity contribution is -0.120. The lowest BCUT2D eigenvalue weighted by atomic mass is 9.87. The highest BCUT2D eigenvalue weighted by Gasteiger charge is 2.27. The van der Waals surface area contributed by atoms with E-state index in [1.165, 1.54) is 0 Å². The normalized spacial score (nSPS) is 20.9. The van der Waals surface area contributed by atoms with Gasteiger partial charge in [-0.3, -0.25) is 4.79 Å². The number of ether oxygens (including phenoxy) is 2. The molecule has 0 bridgehead atoms. The van der Waals surface area contributed by atoms with Gasteiger partial charge in [-0.1, -0.05) is 12.1 Å². The van der Waals surface area contributed by atoms with Crippen LogP contribution < -0.4 is 10.1 Å². The van der Waals surface area contributed by atoms with E-state index >= 15 is 0 Å². The van der Waals surface area contributed by atoms with Gasteiger partial charge >= 0.3 is 0 Å². The minimum atomic E-state index is -0.234. The third kappa shape index (κ3) is 5.49. The molecule has 7 heteroatoms. The highest BCUT2D eigenvalue weighted by atomic mass is 32.1. The molecule has 1 aromatic carbocycles. The molecule has 2 aliphatic rings. The molecule has 2 aliphatic heterocycles. The molecule has 134 valence electrons. The van der Waals surface area contributed by atoms with Crippen LogP contribution in [-0.4, -0.2) is 51.3 Å². The lowest BCUT2D eigenvalue weighted by Crippen LogP contribution is -2.32. The first-order chi connectivity index (χ1) is 12.0. The molecule has 1 fully saturated rings. The number of hydrogen-bond acceptors (Lipinski definition) is 6. The maximum Gasteiger partial charge on any atom is 0.225 e. The molecule has 0 radical (unpaired) electrons. The van der Waals surface area contributed by atoms with Gasteiger partial charge in [-0.05, 0) is 24.7 Å². The molecule has 0 spiro atoms. The van der Waals surface area contributed by atoms with Crippen LogP contribution in [0.2, 0.25) is 0 Å². The van der Waals surface area contributed by atoms with Gasteiger partial charge in [0.2, 0.25) is 5.91 Å². The predicted octanol–water partition coefficient (Wildman–Crippen LogP) is 1.91. The Morgan fingerprint density at radius 1 is 1.32 bits per heavy atom. The summed E-state index contributed by atoms with van der Waals surface area (Å²) in [5.41, 5.74) is 1.40. The monoisotopic (exact) mass is 361 g/mol. The Kier molecular flexibility index (Phi) is 7.31. The van der Waals surface area contributed by atoms with Crippen molar-refractivity contribution < 1.29 is 14.3 Å². The zero-order chi connectivity index (χ0) is 18.2. The summed E-state index contributed by atoms with van der Waals surface area (Å²) >= 11 is 4.14. The molecule has 1 aromatic rings. The molecule has 6 nitrogen and oxygen atoms in total. The van der Waals surface area contributed by atoms with Crippen LogP contribution in [0.1, 0.15) is 17.9 Å². The lowest BCUT2D eigenvalue weighted by Gasteiger charge is -2.23. The van der Waals surface area contributed by atoms with Crippen molar-refractivity contribution in [2.45, 2.75) is 12.3 Å². The SMILES string of the molecule is CN1CCOCC1.COc1ccc(C2CC(=O)NC(S)=C2C#N)cc1. The van der Waals surface area contributed by atoms with Crippen molar-refractivity contribution in [3.05, 3.63) is 40.4 Å². The van der Waals surface area contributed by atoms with Gasteiger partial charge in [0.1, 0.15) is 5.75 Å². The molecule has 2 heterocycles. The number of amides is 1. The minimum absolute atomic E-state index is 0.125. The molecule has 0 aliphatic carbocycles. The molecular weight excluding hydrogens is 338 g/mol. The standard InChI is InChI=1S/C13H12N2O2S.C5H11NO/c1-17-9-4-2-8(3-5-9)10-6-12(16)15-13(18)11(10)7-14;1-6-2-4-7-5-3-6/h2-5,10,18H,6H2,1H3,(H,15,16);2-5H2,1H3. The van der Waals surface area contributed by atoms with Crippen LogP contribution in [0, 0.1) is 11.3 Å². The van der Waals surface area contributed by atoms with Crippen molar-refractivity contribution in [3.63, 3.8) is 0 Å². The topological polar surface area (TPSA) is 74.6 Å². The van der Waals surface area contributed by atoms with Crippen LogP contribution in [0.15, 0.2) is 34.9 Å². The molecule has 1 amide bonds. The number of morpholine rings is 1. The molecule has 1 unspecified atom stereocenters. The van der Waals surface area contributed by atoms with Gasteiger partial charge in [0.15, 0.2) is 0 Å². The first kappa shape index (κ1) is 19.3. The average Bonchev–Trinajstić information content (AvgIpc) is 2.62. The molecule has 0 saturated carbocycles. The van der Waals surface area contributed by atoms with E-state index in [0.29, 0.717) is 10.6 Å². The number of allylic oxidation sites excluding steroid dienone is 1. The van der Waals surface area contributed by atoms with E-state index in [1.807, 2.05) is 24.3 Å². The number of carbonyl (C=O) groups is 1. The zero-order valence-corrected chi connectivity index (χ0v) is 15.4. The molecular formula is C18H23N3O3S. The van der Waals surface area contributed by atoms with Gasteiger partial charge in [-0.25, -0.2) is 0 Å². The number of likely N-dealkylation sites (N-methyl/N-ethyl adjacent to an activating group) is 1. The first-order valence-corrected chi connectivity index (χ1v) is 8.53. The fourth-order valence-corrected chi connectivity index (χ4v) is 2.94. The van der Waals surface area contributed by atoms with E-state index in [-0.39, 0.29) is 18.2 Å². The number of rotatable bonds is 2. The summed E-state index contributed by atoms with van der Waals surface area (Å²) in [6.07, 6.45) is 0.263. The summed E-state index contributed by atoms with van der Waals surface area (Å²) < 4.78 is 10.2. The Hall–Kier alpha value is -2.01. The summed E-state index contributed by atoms with van der Waals surface area (Å²) in [5.74, 6) is 0.384. The summed E-state index contributed by atoms with van der Waals surface area (Å²) in [6, 6.07) is 9.46. The molecule has 1 atom stereocenters. The summed E-state index contributed by atoms with van der Waals surface area (Å²) in [6.45, 7) is 4.02. The largest absolute Gasteiger partial charge is 0.497 e. The van der Waals surface area contributed by atoms with E-state index in [9.17, 15) is 4.79 Å². The summed E-state index contributed by atoms with van der Waals surface area (Å²) in [5, 5.41) is 12.0. The highest BCUT2D eigenvalue weighted by molar-refractivity contribution is 7.84. The number of nitrogens with zero attached hydrogens (tertiary/aromatic N) is 2. The number of nitriles is 1. The molecule has 0 aromatic heterocycles. The van der Waals surface area contributed by atoms with Gasteiger partial charge in [-0.15, -0.1) is 12.6 Å². The van der Waals surface area contributed by atoms with Gasteiger partial charge in [-0.2, -0.15) is 5.26 Å². The van der Waals surface area contributed by atoms with Crippen LogP contribution in [0.5, 0.6) is 5.75 Å². The number of nitrogens with one attached hydrogen (secondary N) is 1. The van der Waals surface area contributed by atoms with Crippen LogP contribution in [0.3, 0.4) is 0 Å². The Bertz CT molecular complexity index is 661. The van der Waals surface area contributed by atoms with Crippen molar-refractivity contribution in [1.29, 1.82) is 5.26 Å². The van der Waals surface area contributed by atoms with Crippen molar-refractivity contribution in [2.24, 2.45) is 0 Å². The second kappa shape index (κ2) is 9.47. The van der Waals surface area contributed by atoms with Crippen LogP contribution >= 0.6 is 12.6 Å². The van der Waals surface area contributed by atoms with Gasteiger partial charge in [0, 0.05) is 25.4 Å². The van der Waals surface area contributed by atoms with E-state index in [1.54, 1.807) is 7.11 Å². The smallest absolute Gasteiger partial charge is 0.225 e. The summed E-state index contributed by atoms with van der Waals surface area (Å²) in [4.78, 5) is 13.8. The Morgan fingerprint density at radius 3 is 2.44 bits per heavy atom. The molecule has 25 heavy (non-hydrogen) atoms. The fraction of sp³-hybridized carbons (Fsp3) is 0.444. The predicted molar refractivity (Wildman–Crippen MR) is 98.4 cm³/mol. The molecule has 1 N–H and O–H groups in total. The van der Waals surface area contributed by atoms with Crippen LogP contribution in [-0.2, 0) is 9.53 Å². The minimum Gasteiger partial charge on any atom is -0.497 e. The van der Waals surface area contributed by atoms with E-state index in [4.69, 9.17) is 14.7 Å². The van der Waals surface area contributed by atoms with Crippen molar-refractivity contribution in [2.75, 3.05) is 40.5 Å². The first-order valence-electron chi connectivity index (χ1n) is 8.08. The number of methoxy groups -OCH3 is 1. The third-order valence-corrected chi connectivity index (χ3v) is 4.48. The molecule has 3 rings (SSSR count). The fourth-order valence-electron chi connectivity index (χ4n) is 2.61. The van der Waals surface area contributed by atoms with Crippen LogP contribution in [0.25, 0.3) is 0 Å². The van der Waals surface area contributed by atoms with Gasteiger partial charge in [0.05, 0.1) is 37.0 Å². The van der Waals surface area contributed by atoms with E-state index in [2.05, 4.69) is 36.0 Å². The Labute approximate surface area is 153 Å². The summed E-state index contributed by atoms with van der Waals surface area (Å²) in [7, 11) is 3.71. The highest BCUT2D eigenvalue weighted by Crippen LogP contribution is 2.33. The Morgan fingerprint density at radius 2 is 1.96 bits per heavy atom. The van der Waals surface area contributed by atoms with Gasteiger partial charge in [0.25, 0.3) is 0 Å². The average molecular weight is 361 g/mol. The number of hydrogen-bond donors (Lipinski definition) is 2. The number of carbonyl (C=O) groups excluding carboxylic acids is 1. The molecule has 1 saturated heterocycles. The number of benzene rings is 1. The van der Waals surface area contributed by atoms with Crippen molar-refractivity contribution in [1.82, 2.24) is 10.2 Å². The van der Waals surface area contributed by atoms with E-state index in [0.717, 1.165) is 37.6 Å². The second-order valence-electron chi connectivity index (χ2n) is 5.87. The van der Waals surface area contributed by atoms with E-state index < -0.39 is 0 Å².